The van der Waals surface area contributed by atoms with Crippen LogP contribution in [0.5, 0.6) is 0 Å². The fourth-order valence-corrected chi connectivity index (χ4v) is 3.08. The lowest BCUT2D eigenvalue weighted by atomic mass is 9.71. The van der Waals surface area contributed by atoms with Gasteiger partial charge in [-0.3, -0.25) is 4.98 Å². The molecule has 1 saturated carbocycles. The van der Waals surface area contributed by atoms with E-state index in [0.717, 1.165) is 42.3 Å². The Kier molecular flexibility index (Phi) is 3.62. The highest BCUT2D eigenvalue weighted by Gasteiger charge is 2.36. The molecule has 1 fully saturated rings. The van der Waals surface area contributed by atoms with Crippen LogP contribution in [0.15, 0.2) is 36.5 Å². The third-order valence-corrected chi connectivity index (χ3v) is 4.79. The molecule has 3 heteroatoms. The number of aliphatic hydroxyl groups is 1. The number of fused-ring (bicyclic) bond motifs is 1. The Labute approximate surface area is 126 Å². The highest BCUT2D eigenvalue weighted by Crippen LogP contribution is 2.40. The lowest BCUT2D eigenvalue weighted by Crippen LogP contribution is -2.42. The van der Waals surface area contributed by atoms with E-state index in [1.165, 1.54) is 0 Å². The van der Waals surface area contributed by atoms with Crippen LogP contribution in [0.1, 0.15) is 39.5 Å². The maximum atomic E-state index is 10.8. The van der Waals surface area contributed by atoms with Crippen LogP contribution >= 0.6 is 0 Å². The minimum atomic E-state index is -0.583. The average molecular weight is 284 g/mol. The zero-order valence-corrected chi connectivity index (χ0v) is 12.9. The minimum Gasteiger partial charge on any atom is -0.388 e. The Hall–Kier alpha value is -1.61. The number of para-hydroxylation sites is 1. The zero-order valence-electron chi connectivity index (χ0n) is 12.9. The summed E-state index contributed by atoms with van der Waals surface area (Å²) < 4.78 is 0. The average Bonchev–Trinajstić information content (AvgIpc) is 2.49. The van der Waals surface area contributed by atoms with Crippen LogP contribution in [0.25, 0.3) is 10.9 Å². The number of rotatable bonds is 3. The van der Waals surface area contributed by atoms with Crippen molar-refractivity contribution >= 4 is 16.6 Å². The lowest BCUT2D eigenvalue weighted by Gasteiger charge is -2.40. The number of anilines is 1. The first-order valence-corrected chi connectivity index (χ1v) is 7.78. The number of hydrogen-bond acceptors (Lipinski definition) is 3. The van der Waals surface area contributed by atoms with E-state index in [-0.39, 0.29) is 0 Å². The van der Waals surface area contributed by atoms with Gasteiger partial charge in [0.05, 0.1) is 11.1 Å². The quantitative estimate of drug-likeness (QED) is 0.896. The number of hydrogen-bond donors (Lipinski definition) is 2. The largest absolute Gasteiger partial charge is 0.388 e. The molecule has 21 heavy (non-hydrogen) atoms. The Morgan fingerprint density at radius 2 is 1.81 bits per heavy atom. The monoisotopic (exact) mass is 284 g/mol. The van der Waals surface area contributed by atoms with Gasteiger partial charge in [0.15, 0.2) is 0 Å². The lowest BCUT2D eigenvalue weighted by molar-refractivity contribution is -0.0145. The second-order valence-corrected chi connectivity index (χ2v) is 7.12. The van der Waals surface area contributed by atoms with Crippen molar-refractivity contribution in [1.82, 2.24) is 4.98 Å². The molecule has 3 rings (SSSR count). The highest BCUT2D eigenvalue weighted by atomic mass is 16.3. The SMILES string of the molecule is CC1(C)CCC(O)(CNc2ccnc3ccccc23)CC1. The van der Waals surface area contributed by atoms with Gasteiger partial charge in [-0.25, -0.2) is 0 Å². The number of pyridine rings is 1. The van der Waals surface area contributed by atoms with Crippen LogP contribution in [-0.2, 0) is 0 Å². The van der Waals surface area contributed by atoms with Crippen molar-refractivity contribution in [2.24, 2.45) is 5.41 Å². The van der Waals surface area contributed by atoms with Gasteiger partial charge in [-0.05, 0) is 43.2 Å². The Bertz CT molecular complexity index is 621. The van der Waals surface area contributed by atoms with E-state index in [2.05, 4.69) is 30.2 Å². The Balaban J connectivity index is 1.72. The van der Waals surface area contributed by atoms with E-state index in [1.807, 2.05) is 30.5 Å². The van der Waals surface area contributed by atoms with Gasteiger partial charge in [-0.15, -0.1) is 0 Å². The Morgan fingerprint density at radius 1 is 1.10 bits per heavy atom. The van der Waals surface area contributed by atoms with Gasteiger partial charge >= 0.3 is 0 Å². The summed E-state index contributed by atoms with van der Waals surface area (Å²) in [5.41, 5.74) is 1.83. The fraction of sp³-hybridized carbons (Fsp3) is 0.500. The molecule has 0 unspecified atom stereocenters. The second-order valence-electron chi connectivity index (χ2n) is 7.12. The zero-order chi connectivity index (χ0) is 14.9. The van der Waals surface area contributed by atoms with E-state index in [9.17, 15) is 5.11 Å². The molecule has 0 saturated heterocycles. The van der Waals surface area contributed by atoms with Crippen molar-refractivity contribution in [3.8, 4) is 0 Å². The first-order valence-electron chi connectivity index (χ1n) is 7.78. The standard InChI is InChI=1S/C18H24N2O/c1-17(2)8-10-18(21,11-9-17)13-20-16-7-12-19-15-6-4-3-5-14(15)16/h3-7,12,21H,8-11,13H2,1-2H3,(H,19,20). The number of nitrogens with one attached hydrogen (secondary N) is 1. The van der Waals surface area contributed by atoms with Crippen molar-refractivity contribution in [3.63, 3.8) is 0 Å². The predicted molar refractivity (Wildman–Crippen MR) is 87.4 cm³/mol. The van der Waals surface area contributed by atoms with E-state index in [1.54, 1.807) is 0 Å². The summed E-state index contributed by atoms with van der Waals surface area (Å²) >= 11 is 0. The number of aromatic nitrogens is 1. The molecule has 0 aliphatic heterocycles. The first-order chi connectivity index (χ1) is 9.98. The van der Waals surface area contributed by atoms with Gasteiger partial charge in [-0.1, -0.05) is 32.0 Å². The summed E-state index contributed by atoms with van der Waals surface area (Å²) in [5.74, 6) is 0. The molecular formula is C18H24N2O. The van der Waals surface area contributed by atoms with E-state index in [4.69, 9.17) is 0 Å². The van der Waals surface area contributed by atoms with Crippen LogP contribution in [0, 0.1) is 5.41 Å². The molecule has 0 radical (unpaired) electrons. The van der Waals surface area contributed by atoms with Crippen LogP contribution in [0.4, 0.5) is 5.69 Å². The highest BCUT2D eigenvalue weighted by molar-refractivity contribution is 5.90. The normalized spacial score (nSPS) is 20.3. The van der Waals surface area contributed by atoms with E-state index < -0.39 is 5.60 Å². The smallest absolute Gasteiger partial charge is 0.0819 e. The van der Waals surface area contributed by atoms with Gasteiger partial charge in [-0.2, -0.15) is 0 Å². The van der Waals surface area contributed by atoms with Crippen LogP contribution in [-0.4, -0.2) is 22.2 Å². The molecule has 0 amide bonds. The van der Waals surface area contributed by atoms with Crippen LogP contribution in [0.3, 0.4) is 0 Å². The molecule has 0 spiro atoms. The number of benzene rings is 1. The molecule has 1 aliphatic rings. The summed E-state index contributed by atoms with van der Waals surface area (Å²) in [4.78, 5) is 4.37. The van der Waals surface area contributed by atoms with Gasteiger partial charge in [0, 0.05) is 23.8 Å². The topological polar surface area (TPSA) is 45.1 Å². The molecule has 0 atom stereocenters. The van der Waals surface area contributed by atoms with Gasteiger partial charge < -0.3 is 10.4 Å². The fourth-order valence-electron chi connectivity index (χ4n) is 3.08. The molecule has 1 aliphatic carbocycles. The summed E-state index contributed by atoms with van der Waals surface area (Å²) in [7, 11) is 0. The molecule has 3 nitrogen and oxygen atoms in total. The third kappa shape index (κ3) is 3.18. The molecule has 1 aromatic carbocycles. The van der Waals surface area contributed by atoms with E-state index >= 15 is 0 Å². The van der Waals surface area contributed by atoms with Gasteiger partial charge in [0.2, 0.25) is 0 Å². The van der Waals surface area contributed by atoms with Crippen molar-refractivity contribution < 1.29 is 5.11 Å². The summed E-state index contributed by atoms with van der Waals surface area (Å²) in [6, 6.07) is 10.1. The molecular weight excluding hydrogens is 260 g/mol. The third-order valence-electron chi connectivity index (χ3n) is 4.79. The maximum Gasteiger partial charge on any atom is 0.0819 e. The van der Waals surface area contributed by atoms with Crippen molar-refractivity contribution in [2.75, 3.05) is 11.9 Å². The maximum absolute atomic E-state index is 10.8. The molecule has 2 N–H and O–H groups in total. The van der Waals surface area contributed by atoms with Gasteiger partial charge in [0.1, 0.15) is 0 Å². The summed E-state index contributed by atoms with van der Waals surface area (Å²) in [6.45, 7) is 5.18. The van der Waals surface area contributed by atoms with E-state index in [0.29, 0.717) is 12.0 Å². The number of nitrogens with zero attached hydrogens (tertiary/aromatic N) is 1. The Morgan fingerprint density at radius 3 is 2.57 bits per heavy atom. The molecule has 1 heterocycles. The molecule has 0 bridgehead atoms. The summed E-state index contributed by atoms with van der Waals surface area (Å²) in [6.07, 6.45) is 5.73. The van der Waals surface area contributed by atoms with Crippen molar-refractivity contribution in [2.45, 2.75) is 45.1 Å². The van der Waals surface area contributed by atoms with Crippen molar-refractivity contribution in [3.05, 3.63) is 36.5 Å². The van der Waals surface area contributed by atoms with Crippen molar-refractivity contribution in [1.29, 1.82) is 0 Å². The predicted octanol–water partition coefficient (Wildman–Crippen LogP) is 3.98. The molecule has 1 aromatic heterocycles. The molecule has 2 aromatic rings. The van der Waals surface area contributed by atoms with Gasteiger partial charge in [0.25, 0.3) is 0 Å². The summed E-state index contributed by atoms with van der Waals surface area (Å²) in [5, 5.41) is 15.3. The first kappa shape index (κ1) is 14.3. The second kappa shape index (κ2) is 5.30. The minimum absolute atomic E-state index is 0.371. The van der Waals surface area contributed by atoms with Crippen LogP contribution < -0.4 is 5.32 Å². The molecule has 112 valence electrons. The van der Waals surface area contributed by atoms with Crippen LogP contribution in [0.2, 0.25) is 0 Å².